The molecule has 3 nitrogen and oxygen atoms in total. The van der Waals surface area contributed by atoms with E-state index in [2.05, 4.69) is 28.7 Å². The molecule has 86 valence electrons. The van der Waals surface area contributed by atoms with Gasteiger partial charge in [-0.25, -0.2) is 4.98 Å². The summed E-state index contributed by atoms with van der Waals surface area (Å²) in [4.78, 5) is 4.31. The number of nitrogens with one attached hydrogen (secondary N) is 1. The first kappa shape index (κ1) is 12.6. The van der Waals surface area contributed by atoms with Crippen LogP contribution in [0, 0.1) is 0 Å². The fourth-order valence-corrected chi connectivity index (χ4v) is 2.58. The fourth-order valence-electron chi connectivity index (χ4n) is 1.55. The molecule has 0 fully saturated rings. The number of nitrogens with zero attached hydrogens (tertiary/aromatic N) is 2. The van der Waals surface area contributed by atoms with Gasteiger partial charge in [-0.2, -0.15) is 0 Å². The molecule has 0 aliphatic carbocycles. The van der Waals surface area contributed by atoms with Gasteiger partial charge in [0.25, 0.3) is 0 Å². The first-order chi connectivity index (χ1) is 7.27. The smallest absolute Gasteiger partial charge is 0.167 e. The van der Waals surface area contributed by atoms with E-state index in [9.17, 15) is 0 Å². The van der Waals surface area contributed by atoms with Crippen LogP contribution in [0.3, 0.4) is 0 Å². The molecule has 1 heterocycles. The lowest BCUT2D eigenvalue weighted by Gasteiger charge is -2.16. The van der Waals surface area contributed by atoms with Crippen molar-refractivity contribution < 1.29 is 0 Å². The topological polar surface area (TPSA) is 29.9 Å². The first-order valence-corrected chi connectivity index (χ1v) is 6.60. The fraction of sp³-hybridized carbons (Fsp3) is 0.727. The van der Waals surface area contributed by atoms with Gasteiger partial charge in [0.1, 0.15) is 0 Å². The Morgan fingerprint density at radius 1 is 1.53 bits per heavy atom. The lowest BCUT2D eigenvalue weighted by atomic mass is 10.2. The van der Waals surface area contributed by atoms with Crippen molar-refractivity contribution in [2.75, 3.05) is 12.3 Å². The first-order valence-electron chi connectivity index (χ1n) is 5.61. The van der Waals surface area contributed by atoms with Crippen molar-refractivity contribution in [1.82, 2.24) is 14.9 Å². The molecule has 0 saturated carbocycles. The molecule has 0 amide bonds. The minimum absolute atomic E-state index is 0.613. The standard InChI is InChI=1S/C11H21N3S/c1-4-6-10(12-5-2)9-15-11-13-7-8-14(11)3/h7-8,10,12H,4-6,9H2,1-3H3. The Kier molecular flexibility index (Phi) is 5.79. The molecule has 1 unspecified atom stereocenters. The number of rotatable bonds is 7. The van der Waals surface area contributed by atoms with E-state index in [-0.39, 0.29) is 0 Å². The van der Waals surface area contributed by atoms with Crippen molar-refractivity contribution >= 4 is 11.8 Å². The van der Waals surface area contributed by atoms with Crippen LogP contribution in [-0.4, -0.2) is 27.9 Å². The third kappa shape index (κ3) is 4.26. The van der Waals surface area contributed by atoms with Crippen molar-refractivity contribution in [1.29, 1.82) is 0 Å². The number of aryl methyl sites for hydroxylation is 1. The summed E-state index contributed by atoms with van der Waals surface area (Å²) in [5, 5.41) is 4.61. The highest BCUT2D eigenvalue weighted by Crippen LogP contribution is 2.16. The van der Waals surface area contributed by atoms with Crippen LogP contribution in [0.1, 0.15) is 26.7 Å². The predicted octanol–water partition coefficient (Wildman–Crippen LogP) is 2.29. The van der Waals surface area contributed by atoms with E-state index in [1.54, 1.807) is 0 Å². The predicted molar refractivity (Wildman–Crippen MR) is 66.3 cm³/mol. The quantitative estimate of drug-likeness (QED) is 0.725. The Labute approximate surface area is 96.7 Å². The Morgan fingerprint density at radius 2 is 2.33 bits per heavy atom. The van der Waals surface area contributed by atoms with Gasteiger partial charge in [-0.15, -0.1) is 0 Å². The molecule has 1 aromatic heterocycles. The van der Waals surface area contributed by atoms with E-state index >= 15 is 0 Å². The number of imidazole rings is 1. The van der Waals surface area contributed by atoms with Crippen LogP contribution in [0.25, 0.3) is 0 Å². The highest BCUT2D eigenvalue weighted by molar-refractivity contribution is 7.99. The van der Waals surface area contributed by atoms with Crippen LogP contribution in [0.15, 0.2) is 17.6 Å². The largest absolute Gasteiger partial charge is 0.329 e. The Morgan fingerprint density at radius 3 is 2.87 bits per heavy atom. The maximum atomic E-state index is 4.31. The van der Waals surface area contributed by atoms with E-state index in [0.717, 1.165) is 17.5 Å². The molecule has 0 aliphatic rings. The summed E-state index contributed by atoms with van der Waals surface area (Å²) in [5.74, 6) is 1.10. The van der Waals surface area contributed by atoms with Gasteiger partial charge < -0.3 is 9.88 Å². The van der Waals surface area contributed by atoms with Crippen molar-refractivity contribution in [2.24, 2.45) is 7.05 Å². The molecule has 4 heteroatoms. The third-order valence-electron chi connectivity index (χ3n) is 2.32. The van der Waals surface area contributed by atoms with Crippen LogP contribution in [0.5, 0.6) is 0 Å². The molecule has 1 rings (SSSR count). The molecule has 0 bridgehead atoms. The lowest BCUT2D eigenvalue weighted by molar-refractivity contribution is 0.530. The van der Waals surface area contributed by atoms with Gasteiger partial charge in [0.05, 0.1) is 0 Å². The Balaban J connectivity index is 2.36. The Bertz CT molecular complexity index is 267. The molecule has 0 aromatic carbocycles. The zero-order valence-corrected chi connectivity index (χ0v) is 10.7. The average molecular weight is 227 g/mol. The second-order valence-electron chi connectivity index (χ2n) is 3.68. The van der Waals surface area contributed by atoms with Gasteiger partial charge in [0.15, 0.2) is 5.16 Å². The van der Waals surface area contributed by atoms with E-state index in [1.807, 2.05) is 31.2 Å². The SMILES string of the molecule is CCCC(CSc1nccn1C)NCC. The van der Waals surface area contributed by atoms with Gasteiger partial charge in [0, 0.05) is 31.2 Å². The van der Waals surface area contributed by atoms with Crippen LogP contribution < -0.4 is 5.32 Å². The van der Waals surface area contributed by atoms with Crippen molar-refractivity contribution in [3.05, 3.63) is 12.4 Å². The summed E-state index contributed by atoms with van der Waals surface area (Å²) in [7, 11) is 2.04. The highest BCUT2D eigenvalue weighted by Gasteiger charge is 2.08. The minimum atomic E-state index is 0.613. The second-order valence-corrected chi connectivity index (χ2v) is 4.66. The molecule has 1 aromatic rings. The van der Waals surface area contributed by atoms with Crippen LogP contribution in [0.2, 0.25) is 0 Å². The van der Waals surface area contributed by atoms with E-state index in [4.69, 9.17) is 0 Å². The molecular formula is C11H21N3S. The molecule has 15 heavy (non-hydrogen) atoms. The number of hydrogen-bond acceptors (Lipinski definition) is 3. The second kappa shape index (κ2) is 6.90. The van der Waals surface area contributed by atoms with Gasteiger partial charge in [-0.3, -0.25) is 0 Å². The minimum Gasteiger partial charge on any atom is -0.329 e. The van der Waals surface area contributed by atoms with Gasteiger partial charge >= 0.3 is 0 Å². The van der Waals surface area contributed by atoms with Crippen LogP contribution >= 0.6 is 11.8 Å². The molecule has 0 saturated heterocycles. The van der Waals surface area contributed by atoms with Crippen LogP contribution in [0.4, 0.5) is 0 Å². The number of thioether (sulfide) groups is 1. The summed E-state index contributed by atoms with van der Waals surface area (Å²) >= 11 is 1.83. The molecule has 1 atom stereocenters. The molecule has 0 radical (unpaired) electrons. The normalized spacial score (nSPS) is 13.0. The summed E-state index contributed by atoms with van der Waals surface area (Å²) in [6, 6.07) is 0.613. The maximum Gasteiger partial charge on any atom is 0.167 e. The van der Waals surface area contributed by atoms with Crippen molar-refractivity contribution in [3.63, 3.8) is 0 Å². The van der Waals surface area contributed by atoms with E-state index in [1.165, 1.54) is 12.8 Å². The zero-order valence-electron chi connectivity index (χ0n) is 9.86. The summed E-state index contributed by atoms with van der Waals surface area (Å²) in [6.45, 7) is 5.44. The van der Waals surface area contributed by atoms with Crippen molar-refractivity contribution in [3.8, 4) is 0 Å². The van der Waals surface area contributed by atoms with E-state index < -0.39 is 0 Å². The van der Waals surface area contributed by atoms with Crippen LogP contribution in [-0.2, 0) is 7.05 Å². The van der Waals surface area contributed by atoms with Crippen molar-refractivity contribution in [2.45, 2.75) is 37.9 Å². The number of hydrogen-bond donors (Lipinski definition) is 1. The zero-order chi connectivity index (χ0) is 11.1. The molecule has 0 spiro atoms. The Hall–Kier alpha value is -0.480. The highest BCUT2D eigenvalue weighted by atomic mass is 32.2. The van der Waals surface area contributed by atoms with Gasteiger partial charge in [-0.1, -0.05) is 32.0 Å². The maximum absolute atomic E-state index is 4.31. The monoisotopic (exact) mass is 227 g/mol. The molecule has 1 N–H and O–H groups in total. The summed E-state index contributed by atoms with van der Waals surface area (Å²) in [6.07, 6.45) is 6.32. The molecular weight excluding hydrogens is 206 g/mol. The summed E-state index contributed by atoms with van der Waals surface area (Å²) < 4.78 is 2.07. The lowest BCUT2D eigenvalue weighted by Crippen LogP contribution is -2.31. The summed E-state index contributed by atoms with van der Waals surface area (Å²) in [5.41, 5.74) is 0. The third-order valence-corrected chi connectivity index (χ3v) is 3.54. The molecule has 0 aliphatic heterocycles. The van der Waals surface area contributed by atoms with Gasteiger partial charge in [0.2, 0.25) is 0 Å². The van der Waals surface area contributed by atoms with E-state index in [0.29, 0.717) is 6.04 Å². The van der Waals surface area contributed by atoms with Gasteiger partial charge in [-0.05, 0) is 13.0 Å². The average Bonchev–Trinajstić information content (AvgIpc) is 2.61. The number of aromatic nitrogens is 2.